The second-order valence-corrected chi connectivity index (χ2v) is 13.7. The number of rotatable bonds is 16. The molecule has 2 aromatic heterocycles. The molecule has 0 fully saturated rings. The Bertz CT molecular complexity index is 1540. The molecule has 2 heterocycles. The number of nitrogens with zero attached hydrogens (tertiary/aromatic N) is 3. The van der Waals surface area contributed by atoms with Crippen molar-refractivity contribution in [3.63, 3.8) is 0 Å². The third-order valence-electron chi connectivity index (χ3n) is 6.58. The van der Waals surface area contributed by atoms with Crippen LogP contribution in [0.4, 0.5) is 10.3 Å². The minimum absolute atomic E-state index is 0.104. The van der Waals surface area contributed by atoms with Crippen molar-refractivity contribution in [1.82, 2.24) is 9.97 Å². The maximum Gasteiger partial charge on any atom is 0.267 e. The number of unbranched alkanes of at least 4 members (excludes halogenated alkanes) is 2. The summed E-state index contributed by atoms with van der Waals surface area (Å²) in [5.74, 6) is -0.579. The van der Waals surface area contributed by atoms with Crippen molar-refractivity contribution in [3.05, 3.63) is 78.6 Å². The summed E-state index contributed by atoms with van der Waals surface area (Å²) < 4.78 is 6.05. The second kappa shape index (κ2) is 17.6. The van der Waals surface area contributed by atoms with Crippen LogP contribution in [0.2, 0.25) is 25.1 Å². The molecule has 2 aromatic carbocycles. The van der Waals surface area contributed by atoms with Gasteiger partial charge in [0.05, 0.1) is 15.1 Å². The summed E-state index contributed by atoms with van der Waals surface area (Å²) in [5, 5.41) is 9.68. The van der Waals surface area contributed by atoms with Gasteiger partial charge < -0.3 is 9.57 Å². The van der Waals surface area contributed by atoms with Crippen LogP contribution in [0.3, 0.4) is 0 Å². The summed E-state index contributed by atoms with van der Waals surface area (Å²) in [6.45, 7) is 2.06. The van der Waals surface area contributed by atoms with Gasteiger partial charge in [-0.3, -0.25) is 14.9 Å². The van der Waals surface area contributed by atoms with E-state index in [0.717, 1.165) is 17.9 Å². The van der Waals surface area contributed by atoms with Crippen molar-refractivity contribution >= 4 is 103 Å². The van der Waals surface area contributed by atoms with E-state index in [9.17, 15) is 9.59 Å². The zero-order valence-corrected chi connectivity index (χ0v) is 29.4. The molecule has 0 aliphatic carbocycles. The van der Waals surface area contributed by atoms with Gasteiger partial charge in [0.2, 0.25) is 5.13 Å². The SMILES string of the molecule is CCCCC(CCCCC(Oc1ccc(Cl)cc1Cl)C(=O)Nc1nccs1)C(=O)N(Oc1c(Cl)cc(Cl)cc1Cl)c1nccs1. The van der Waals surface area contributed by atoms with E-state index < -0.39 is 12.0 Å². The quantitative estimate of drug-likeness (QED) is 0.0905. The number of anilines is 2. The van der Waals surface area contributed by atoms with Crippen LogP contribution in [0.1, 0.15) is 51.9 Å². The number of ether oxygens (including phenoxy) is 1. The Hall–Kier alpha value is -2.31. The molecule has 4 aromatic rings. The van der Waals surface area contributed by atoms with E-state index in [1.54, 1.807) is 41.4 Å². The van der Waals surface area contributed by atoms with Crippen LogP contribution in [-0.2, 0) is 9.59 Å². The van der Waals surface area contributed by atoms with Gasteiger partial charge in [-0.2, -0.15) is 0 Å². The molecule has 0 spiro atoms. The number of amides is 2. The molecule has 15 heteroatoms. The molecule has 0 saturated carbocycles. The van der Waals surface area contributed by atoms with E-state index in [2.05, 4.69) is 22.2 Å². The molecule has 2 unspecified atom stereocenters. The third-order valence-corrected chi connectivity index (χ3v) is 9.32. The van der Waals surface area contributed by atoms with Crippen molar-refractivity contribution in [3.8, 4) is 11.5 Å². The van der Waals surface area contributed by atoms with Crippen LogP contribution in [0.15, 0.2) is 53.5 Å². The summed E-state index contributed by atoms with van der Waals surface area (Å²) >= 11 is 33.7. The van der Waals surface area contributed by atoms with Crippen molar-refractivity contribution < 1.29 is 19.2 Å². The minimum atomic E-state index is -0.860. The van der Waals surface area contributed by atoms with Gasteiger partial charge >= 0.3 is 0 Å². The lowest BCUT2D eigenvalue weighted by atomic mass is 9.94. The lowest BCUT2D eigenvalue weighted by Gasteiger charge is -2.26. The highest BCUT2D eigenvalue weighted by molar-refractivity contribution is 7.14. The van der Waals surface area contributed by atoms with Gasteiger partial charge in [-0.15, -0.1) is 27.7 Å². The smallest absolute Gasteiger partial charge is 0.267 e. The number of carbonyl (C=O) groups excluding carboxylic acids is 2. The van der Waals surface area contributed by atoms with Crippen LogP contribution >= 0.6 is 80.7 Å². The predicted molar refractivity (Wildman–Crippen MR) is 185 cm³/mol. The number of thiazole rings is 2. The molecule has 0 saturated heterocycles. The summed E-state index contributed by atoms with van der Waals surface area (Å²) in [7, 11) is 0. The van der Waals surface area contributed by atoms with Gasteiger partial charge in [0.1, 0.15) is 5.75 Å². The molecule has 2 atom stereocenters. The fourth-order valence-electron chi connectivity index (χ4n) is 4.37. The summed E-state index contributed by atoms with van der Waals surface area (Å²) in [4.78, 5) is 41.6. The van der Waals surface area contributed by atoms with E-state index in [0.29, 0.717) is 63.2 Å². The van der Waals surface area contributed by atoms with Gasteiger partial charge in [0.25, 0.3) is 11.8 Å². The lowest BCUT2D eigenvalue weighted by molar-refractivity contribution is -0.127. The van der Waals surface area contributed by atoms with Crippen LogP contribution in [0.25, 0.3) is 0 Å². The molecule has 45 heavy (non-hydrogen) atoms. The maximum atomic E-state index is 14.0. The highest BCUT2D eigenvalue weighted by Crippen LogP contribution is 2.38. The van der Waals surface area contributed by atoms with Crippen molar-refractivity contribution in [2.45, 2.75) is 58.0 Å². The molecule has 4 rings (SSSR count). The number of carbonyl (C=O) groups is 2. The fourth-order valence-corrected chi connectivity index (χ4v) is 6.83. The van der Waals surface area contributed by atoms with Gasteiger partial charge in [0.15, 0.2) is 17.0 Å². The Kier molecular flexibility index (Phi) is 13.9. The zero-order chi connectivity index (χ0) is 32.3. The molecule has 0 aliphatic rings. The number of benzene rings is 2. The molecule has 8 nitrogen and oxygen atoms in total. The number of hydrogen-bond donors (Lipinski definition) is 1. The number of hydrogen-bond acceptors (Lipinski definition) is 8. The Morgan fingerprint density at radius 3 is 2.18 bits per heavy atom. The fraction of sp³-hybridized carbons (Fsp3) is 0.333. The molecule has 1 N–H and O–H groups in total. The summed E-state index contributed by atoms with van der Waals surface area (Å²) in [5.41, 5.74) is 0. The Balaban J connectivity index is 1.46. The first-order chi connectivity index (χ1) is 21.7. The van der Waals surface area contributed by atoms with Crippen molar-refractivity contribution in [2.24, 2.45) is 5.92 Å². The Morgan fingerprint density at radius 2 is 1.53 bits per heavy atom. The molecule has 0 radical (unpaired) electrons. The third kappa shape index (κ3) is 10.3. The van der Waals surface area contributed by atoms with Crippen LogP contribution in [0.5, 0.6) is 11.5 Å². The first-order valence-corrected chi connectivity index (χ1v) is 17.7. The summed E-state index contributed by atoms with van der Waals surface area (Å²) in [6, 6.07) is 7.80. The molecule has 0 bridgehead atoms. The second-order valence-electron chi connectivity index (χ2n) is 9.87. The predicted octanol–water partition coefficient (Wildman–Crippen LogP) is 10.6. The molecular weight excluding hydrogens is 722 g/mol. The molecule has 0 aliphatic heterocycles. The van der Waals surface area contributed by atoms with E-state index in [-0.39, 0.29) is 27.6 Å². The van der Waals surface area contributed by atoms with Crippen LogP contribution < -0.4 is 20.0 Å². The molecular formula is C30H29Cl5N4O4S2. The number of halogens is 5. The molecule has 240 valence electrons. The maximum absolute atomic E-state index is 14.0. The first kappa shape index (κ1) is 35.5. The van der Waals surface area contributed by atoms with Crippen LogP contribution in [-0.4, -0.2) is 27.9 Å². The Labute approximate surface area is 294 Å². The largest absolute Gasteiger partial charge is 0.479 e. The van der Waals surface area contributed by atoms with Gasteiger partial charge in [0, 0.05) is 39.1 Å². The van der Waals surface area contributed by atoms with Gasteiger partial charge in [-0.1, -0.05) is 84.2 Å². The normalized spacial score (nSPS) is 12.4. The lowest BCUT2D eigenvalue weighted by Crippen LogP contribution is -2.39. The standard InChI is InChI=1S/C30H29Cl5N4O4S2/c1-2-3-6-18(28(41)39(30-37-12-14-45-30)43-26-22(34)16-20(32)17-23(26)35)7-4-5-8-25(27(40)38-29-36-11-13-44-29)42-24-10-9-19(31)15-21(24)33/h9-18,25H,2-8H2,1H3,(H,36,38,40). The van der Waals surface area contributed by atoms with Gasteiger partial charge in [-0.05, 0) is 56.0 Å². The van der Waals surface area contributed by atoms with Crippen molar-refractivity contribution in [2.75, 3.05) is 10.4 Å². The zero-order valence-electron chi connectivity index (χ0n) is 24.0. The first-order valence-electron chi connectivity index (χ1n) is 14.0. The monoisotopic (exact) mass is 748 g/mol. The van der Waals surface area contributed by atoms with Crippen molar-refractivity contribution in [1.29, 1.82) is 0 Å². The minimum Gasteiger partial charge on any atom is -0.479 e. The summed E-state index contributed by atoms with van der Waals surface area (Å²) in [6.07, 6.45) is 6.83. The highest BCUT2D eigenvalue weighted by Gasteiger charge is 2.30. The van der Waals surface area contributed by atoms with E-state index >= 15 is 0 Å². The van der Waals surface area contributed by atoms with E-state index in [1.165, 1.54) is 34.8 Å². The van der Waals surface area contributed by atoms with E-state index in [1.807, 2.05) is 0 Å². The molecule has 2 amide bonds. The number of hydroxylamine groups is 1. The van der Waals surface area contributed by atoms with E-state index in [4.69, 9.17) is 67.6 Å². The highest BCUT2D eigenvalue weighted by atomic mass is 35.5. The average Bonchev–Trinajstić information content (AvgIpc) is 3.72. The topological polar surface area (TPSA) is 93.6 Å². The van der Waals surface area contributed by atoms with Gasteiger partial charge in [-0.25, -0.2) is 9.97 Å². The number of aromatic nitrogens is 2. The average molecular weight is 751 g/mol. The number of nitrogens with one attached hydrogen (secondary N) is 1. The van der Waals surface area contributed by atoms with Crippen LogP contribution in [0, 0.1) is 5.92 Å². The Morgan fingerprint density at radius 1 is 0.867 bits per heavy atom.